The molecule has 1 heterocycles. The predicted octanol–water partition coefficient (Wildman–Crippen LogP) is 5.15. The van der Waals surface area contributed by atoms with E-state index in [1.54, 1.807) is 18.3 Å². The molecular formula is C19H16BrN3O. The Bertz CT molecular complexity index is 862. The molecule has 0 bridgehead atoms. The standard InChI is InChI=1S/C19H16BrN3O/c1-13-3-2-4-17(11-13)23-19(24)14-9-10-21-18(12-14)22-16-7-5-15(20)6-8-16/h2-12H,1H3,(H,21,22)(H,23,24). The van der Waals surface area contributed by atoms with Crippen LogP contribution in [0.3, 0.4) is 0 Å². The highest BCUT2D eigenvalue weighted by molar-refractivity contribution is 9.10. The molecule has 0 aliphatic carbocycles. The maximum atomic E-state index is 12.4. The molecule has 0 saturated heterocycles. The van der Waals surface area contributed by atoms with Crippen molar-refractivity contribution < 1.29 is 4.79 Å². The average molecular weight is 382 g/mol. The molecular weight excluding hydrogens is 366 g/mol. The topological polar surface area (TPSA) is 54.0 Å². The van der Waals surface area contributed by atoms with Crippen LogP contribution >= 0.6 is 15.9 Å². The predicted molar refractivity (Wildman–Crippen MR) is 101 cm³/mol. The van der Waals surface area contributed by atoms with Crippen LogP contribution in [0.5, 0.6) is 0 Å². The van der Waals surface area contributed by atoms with E-state index in [2.05, 4.69) is 31.5 Å². The van der Waals surface area contributed by atoms with Crippen molar-refractivity contribution in [2.24, 2.45) is 0 Å². The fraction of sp³-hybridized carbons (Fsp3) is 0.0526. The Labute approximate surface area is 149 Å². The molecule has 24 heavy (non-hydrogen) atoms. The van der Waals surface area contributed by atoms with E-state index in [0.29, 0.717) is 11.4 Å². The number of rotatable bonds is 4. The van der Waals surface area contributed by atoms with Crippen LogP contribution < -0.4 is 10.6 Å². The van der Waals surface area contributed by atoms with E-state index in [0.717, 1.165) is 21.4 Å². The maximum absolute atomic E-state index is 12.4. The summed E-state index contributed by atoms with van der Waals surface area (Å²) in [5.74, 6) is 0.455. The van der Waals surface area contributed by atoms with E-state index in [9.17, 15) is 4.79 Å². The number of hydrogen-bond acceptors (Lipinski definition) is 3. The first-order chi connectivity index (χ1) is 11.6. The smallest absolute Gasteiger partial charge is 0.255 e. The number of anilines is 3. The highest BCUT2D eigenvalue weighted by atomic mass is 79.9. The van der Waals surface area contributed by atoms with Crippen molar-refractivity contribution in [1.82, 2.24) is 4.98 Å². The molecule has 3 aromatic rings. The molecule has 120 valence electrons. The Morgan fingerprint density at radius 1 is 1.00 bits per heavy atom. The van der Waals surface area contributed by atoms with Crippen LogP contribution in [0.15, 0.2) is 71.3 Å². The molecule has 0 spiro atoms. The molecule has 0 fully saturated rings. The first kappa shape index (κ1) is 16.2. The largest absolute Gasteiger partial charge is 0.340 e. The van der Waals surface area contributed by atoms with E-state index in [1.165, 1.54) is 0 Å². The number of aromatic nitrogens is 1. The lowest BCUT2D eigenvalue weighted by molar-refractivity contribution is 0.102. The van der Waals surface area contributed by atoms with Crippen molar-refractivity contribution in [3.8, 4) is 0 Å². The van der Waals surface area contributed by atoms with Crippen molar-refractivity contribution in [2.75, 3.05) is 10.6 Å². The molecule has 0 aliphatic rings. The van der Waals surface area contributed by atoms with Gasteiger partial charge in [0.1, 0.15) is 5.82 Å². The van der Waals surface area contributed by atoms with Gasteiger partial charge in [0, 0.05) is 27.6 Å². The van der Waals surface area contributed by atoms with Gasteiger partial charge in [0.25, 0.3) is 5.91 Å². The Kier molecular flexibility index (Phi) is 4.91. The maximum Gasteiger partial charge on any atom is 0.255 e. The molecule has 1 amide bonds. The minimum Gasteiger partial charge on any atom is -0.340 e. The molecule has 2 aromatic carbocycles. The van der Waals surface area contributed by atoms with E-state index in [-0.39, 0.29) is 5.91 Å². The summed E-state index contributed by atoms with van der Waals surface area (Å²) in [7, 11) is 0. The van der Waals surface area contributed by atoms with Gasteiger partial charge in [-0.15, -0.1) is 0 Å². The Morgan fingerprint density at radius 3 is 2.54 bits per heavy atom. The summed E-state index contributed by atoms with van der Waals surface area (Å²) in [6.45, 7) is 1.99. The molecule has 0 aliphatic heterocycles. The van der Waals surface area contributed by atoms with Gasteiger partial charge in [-0.2, -0.15) is 0 Å². The van der Waals surface area contributed by atoms with Crippen molar-refractivity contribution >= 4 is 39.0 Å². The summed E-state index contributed by atoms with van der Waals surface area (Å²) in [4.78, 5) is 16.7. The van der Waals surface area contributed by atoms with Crippen LogP contribution in [0.25, 0.3) is 0 Å². The van der Waals surface area contributed by atoms with Crippen LogP contribution in [-0.2, 0) is 0 Å². The van der Waals surface area contributed by atoms with Gasteiger partial charge in [0.2, 0.25) is 0 Å². The van der Waals surface area contributed by atoms with Gasteiger partial charge in [-0.25, -0.2) is 4.98 Å². The number of pyridine rings is 1. The van der Waals surface area contributed by atoms with Crippen molar-refractivity contribution in [1.29, 1.82) is 0 Å². The van der Waals surface area contributed by atoms with E-state index < -0.39 is 0 Å². The third-order valence-corrected chi connectivity index (χ3v) is 3.94. The van der Waals surface area contributed by atoms with Gasteiger partial charge < -0.3 is 10.6 Å². The van der Waals surface area contributed by atoms with Gasteiger partial charge in [0.05, 0.1) is 0 Å². The highest BCUT2D eigenvalue weighted by Gasteiger charge is 2.08. The van der Waals surface area contributed by atoms with Crippen LogP contribution in [0.4, 0.5) is 17.2 Å². The Balaban J connectivity index is 1.74. The Hall–Kier alpha value is -2.66. The molecule has 3 rings (SSSR count). The summed E-state index contributed by atoms with van der Waals surface area (Å²) >= 11 is 3.40. The van der Waals surface area contributed by atoms with Crippen LogP contribution in [0, 0.1) is 6.92 Å². The first-order valence-corrected chi connectivity index (χ1v) is 8.26. The van der Waals surface area contributed by atoms with Gasteiger partial charge in [0.15, 0.2) is 0 Å². The number of amides is 1. The third kappa shape index (κ3) is 4.20. The molecule has 2 N–H and O–H groups in total. The summed E-state index contributed by atoms with van der Waals surface area (Å²) in [5.41, 5.74) is 3.33. The van der Waals surface area contributed by atoms with E-state index >= 15 is 0 Å². The normalized spacial score (nSPS) is 10.2. The van der Waals surface area contributed by atoms with Gasteiger partial charge in [-0.1, -0.05) is 28.1 Å². The number of nitrogens with zero attached hydrogens (tertiary/aromatic N) is 1. The highest BCUT2D eigenvalue weighted by Crippen LogP contribution is 2.19. The minimum absolute atomic E-state index is 0.165. The first-order valence-electron chi connectivity index (χ1n) is 7.47. The lowest BCUT2D eigenvalue weighted by Crippen LogP contribution is -2.12. The lowest BCUT2D eigenvalue weighted by atomic mass is 10.2. The van der Waals surface area contributed by atoms with Crippen molar-refractivity contribution in [2.45, 2.75) is 6.92 Å². The zero-order valence-corrected chi connectivity index (χ0v) is 14.7. The fourth-order valence-electron chi connectivity index (χ4n) is 2.25. The summed E-state index contributed by atoms with van der Waals surface area (Å²) in [5, 5.41) is 6.08. The van der Waals surface area contributed by atoms with E-state index in [4.69, 9.17) is 0 Å². The minimum atomic E-state index is -0.165. The number of carbonyl (C=O) groups is 1. The van der Waals surface area contributed by atoms with Crippen molar-refractivity contribution in [3.05, 3.63) is 82.5 Å². The number of halogens is 1. The third-order valence-electron chi connectivity index (χ3n) is 3.41. The van der Waals surface area contributed by atoms with Crippen molar-refractivity contribution in [3.63, 3.8) is 0 Å². The SMILES string of the molecule is Cc1cccc(NC(=O)c2ccnc(Nc3ccc(Br)cc3)c2)c1. The molecule has 4 nitrogen and oxygen atoms in total. The van der Waals surface area contributed by atoms with Gasteiger partial charge in [-0.3, -0.25) is 4.79 Å². The second kappa shape index (κ2) is 7.27. The van der Waals surface area contributed by atoms with Crippen LogP contribution in [0.1, 0.15) is 15.9 Å². The van der Waals surface area contributed by atoms with Gasteiger partial charge in [-0.05, 0) is 61.0 Å². The zero-order chi connectivity index (χ0) is 16.9. The molecule has 0 radical (unpaired) electrons. The van der Waals surface area contributed by atoms with Crippen LogP contribution in [-0.4, -0.2) is 10.9 Å². The lowest BCUT2D eigenvalue weighted by Gasteiger charge is -2.09. The fourth-order valence-corrected chi connectivity index (χ4v) is 2.51. The second-order valence-electron chi connectivity index (χ2n) is 5.39. The summed E-state index contributed by atoms with van der Waals surface area (Å²) in [6.07, 6.45) is 1.62. The zero-order valence-electron chi connectivity index (χ0n) is 13.1. The Morgan fingerprint density at radius 2 is 1.79 bits per heavy atom. The quantitative estimate of drug-likeness (QED) is 0.656. The number of hydrogen-bond donors (Lipinski definition) is 2. The van der Waals surface area contributed by atoms with Crippen LogP contribution in [0.2, 0.25) is 0 Å². The molecule has 0 unspecified atom stereocenters. The molecule has 0 atom stereocenters. The van der Waals surface area contributed by atoms with E-state index in [1.807, 2.05) is 55.5 Å². The molecule has 5 heteroatoms. The monoisotopic (exact) mass is 381 g/mol. The molecule has 0 saturated carbocycles. The average Bonchev–Trinajstić information content (AvgIpc) is 2.57. The number of nitrogens with one attached hydrogen (secondary N) is 2. The summed E-state index contributed by atoms with van der Waals surface area (Å²) in [6, 6.07) is 18.9. The summed E-state index contributed by atoms with van der Waals surface area (Å²) < 4.78 is 1.01. The second-order valence-corrected chi connectivity index (χ2v) is 6.30. The number of carbonyl (C=O) groups excluding carboxylic acids is 1. The number of benzene rings is 2. The number of aryl methyl sites for hydroxylation is 1. The molecule has 1 aromatic heterocycles. The van der Waals surface area contributed by atoms with Gasteiger partial charge >= 0.3 is 0 Å².